The standard InChI is InChI=1S/C20H21N3O2S/c1-2-25-18-14(8-7-12-21-18)20(24)23-13-6-5-10-16(23)19-22-15-9-3-4-11-17(15)26-19/h3-4,7-9,11-12,16H,2,5-6,10,13H2,1H3/t16-/m1/s1. The molecule has 1 aliphatic rings. The lowest BCUT2D eigenvalue weighted by molar-refractivity contribution is 0.0606. The first-order valence-corrected chi connectivity index (χ1v) is 9.84. The molecular weight excluding hydrogens is 346 g/mol. The van der Waals surface area contributed by atoms with Gasteiger partial charge in [0.05, 0.1) is 22.9 Å². The molecule has 1 atom stereocenters. The third kappa shape index (κ3) is 3.17. The minimum absolute atomic E-state index is 0.0170. The molecule has 0 saturated carbocycles. The highest BCUT2D eigenvalue weighted by Gasteiger charge is 2.32. The number of para-hydroxylation sites is 1. The van der Waals surface area contributed by atoms with E-state index in [-0.39, 0.29) is 11.9 Å². The Labute approximate surface area is 156 Å². The van der Waals surface area contributed by atoms with Gasteiger partial charge in [0.15, 0.2) is 0 Å². The van der Waals surface area contributed by atoms with Crippen molar-refractivity contribution in [3.8, 4) is 5.88 Å². The third-order valence-corrected chi connectivity index (χ3v) is 5.78. The van der Waals surface area contributed by atoms with Crippen molar-refractivity contribution in [3.05, 3.63) is 53.2 Å². The fourth-order valence-electron chi connectivity index (χ4n) is 3.42. The molecule has 0 N–H and O–H groups in total. The molecule has 134 valence electrons. The molecule has 5 nitrogen and oxygen atoms in total. The number of rotatable bonds is 4. The predicted octanol–water partition coefficient (Wildman–Crippen LogP) is 4.46. The number of ether oxygens (including phenoxy) is 1. The largest absolute Gasteiger partial charge is 0.477 e. The van der Waals surface area contributed by atoms with Gasteiger partial charge in [-0.3, -0.25) is 4.79 Å². The first-order chi connectivity index (χ1) is 12.8. The van der Waals surface area contributed by atoms with Gasteiger partial charge in [-0.05, 0) is 50.5 Å². The maximum Gasteiger partial charge on any atom is 0.259 e. The van der Waals surface area contributed by atoms with Crippen LogP contribution in [0.15, 0.2) is 42.6 Å². The average Bonchev–Trinajstić information content (AvgIpc) is 3.12. The summed E-state index contributed by atoms with van der Waals surface area (Å²) in [4.78, 5) is 24.3. The van der Waals surface area contributed by atoms with E-state index in [0.717, 1.165) is 41.0 Å². The summed E-state index contributed by atoms with van der Waals surface area (Å²) in [6.45, 7) is 3.12. The van der Waals surface area contributed by atoms with Crippen molar-refractivity contribution < 1.29 is 9.53 Å². The van der Waals surface area contributed by atoms with Gasteiger partial charge < -0.3 is 9.64 Å². The van der Waals surface area contributed by atoms with Crippen LogP contribution in [0.5, 0.6) is 5.88 Å². The normalized spacial score (nSPS) is 17.4. The van der Waals surface area contributed by atoms with Gasteiger partial charge in [0.2, 0.25) is 5.88 Å². The van der Waals surface area contributed by atoms with E-state index < -0.39 is 0 Å². The Balaban J connectivity index is 1.68. The Bertz CT molecular complexity index is 891. The fourth-order valence-corrected chi connectivity index (χ4v) is 4.54. The molecule has 0 aliphatic carbocycles. The molecule has 1 amide bonds. The molecule has 6 heteroatoms. The van der Waals surface area contributed by atoms with Crippen molar-refractivity contribution in [2.45, 2.75) is 32.2 Å². The summed E-state index contributed by atoms with van der Waals surface area (Å²) in [5.41, 5.74) is 1.53. The van der Waals surface area contributed by atoms with Crippen molar-refractivity contribution in [2.75, 3.05) is 13.2 Å². The van der Waals surface area contributed by atoms with Crippen molar-refractivity contribution in [1.82, 2.24) is 14.9 Å². The topological polar surface area (TPSA) is 55.3 Å². The smallest absolute Gasteiger partial charge is 0.259 e. The van der Waals surface area contributed by atoms with E-state index in [1.807, 2.05) is 30.0 Å². The SMILES string of the molecule is CCOc1ncccc1C(=O)N1CCCC[C@@H]1c1nc2ccccc2s1. The van der Waals surface area contributed by atoms with Crippen molar-refractivity contribution in [2.24, 2.45) is 0 Å². The van der Waals surface area contributed by atoms with Crippen LogP contribution in [0, 0.1) is 0 Å². The van der Waals surface area contributed by atoms with Gasteiger partial charge in [-0.1, -0.05) is 12.1 Å². The molecular formula is C20H21N3O2S. The second kappa shape index (κ2) is 7.41. The molecule has 0 bridgehead atoms. The molecule has 2 aromatic heterocycles. The van der Waals surface area contributed by atoms with E-state index in [2.05, 4.69) is 11.1 Å². The Morgan fingerprint density at radius 3 is 3.00 bits per heavy atom. The Morgan fingerprint density at radius 2 is 2.15 bits per heavy atom. The van der Waals surface area contributed by atoms with Crippen LogP contribution in [0.25, 0.3) is 10.2 Å². The number of carbonyl (C=O) groups excluding carboxylic acids is 1. The van der Waals surface area contributed by atoms with Crippen LogP contribution in [0.3, 0.4) is 0 Å². The van der Waals surface area contributed by atoms with E-state index >= 15 is 0 Å². The lowest BCUT2D eigenvalue weighted by Gasteiger charge is -2.34. The Kier molecular flexibility index (Phi) is 4.84. The molecule has 0 spiro atoms. The highest BCUT2D eigenvalue weighted by Crippen LogP contribution is 2.37. The van der Waals surface area contributed by atoms with Gasteiger partial charge >= 0.3 is 0 Å². The van der Waals surface area contributed by atoms with Crippen LogP contribution in [-0.2, 0) is 0 Å². The molecule has 1 aliphatic heterocycles. The van der Waals surface area contributed by atoms with E-state index in [1.54, 1.807) is 29.7 Å². The van der Waals surface area contributed by atoms with Crippen LogP contribution < -0.4 is 4.74 Å². The summed E-state index contributed by atoms with van der Waals surface area (Å²) in [6.07, 6.45) is 4.71. The molecule has 0 unspecified atom stereocenters. The Morgan fingerprint density at radius 1 is 1.27 bits per heavy atom. The van der Waals surface area contributed by atoms with Gasteiger partial charge in [0, 0.05) is 12.7 Å². The summed E-state index contributed by atoms with van der Waals surface area (Å²) in [6, 6.07) is 11.7. The Hall–Kier alpha value is -2.47. The molecule has 3 aromatic rings. The van der Waals surface area contributed by atoms with Crippen LogP contribution in [-0.4, -0.2) is 33.9 Å². The van der Waals surface area contributed by atoms with Crippen LogP contribution in [0.2, 0.25) is 0 Å². The maximum atomic E-state index is 13.3. The summed E-state index contributed by atoms with van der Waals surface area (Å²) < 4.78 is 6.73. The van der Waals surface area contributed by atoms with Crippen molar-refractivity contribution in [3.63, 3.8) is 0 Å². The third-order valence-electron chi connectivity index (χ3n) is 4.64. The summed E-state index contributed by atoms with van der Waals surface area (Å²) in [5.74, 6) is 0.388. The van der Waals surface area contributed by atoms with Gasteiger partial charge in [0.1, 0.15) is 10.6 Å². The molecule has 1 fully saturated rings. The predicted molar refractivity (Wildman–Crippen MR) is 103 cm³/mol. The highest BCUT2D eigenvalue weighted by molar-refractivity contribution is 7.18. The van der Waals surface area contributed by atoms with Gasteiger partial charge in [-0.2, -0.15) is 0 Å². The summed E-state index contributed by atoms with van der Waals surface area (Å²) in [5, 5.41) is 1.01. The number of amides is 1. The van der Waals surface area contributed by atoms with E-state index in [9.17, 15) is 4.79 Å². The van der Waals surface area contributed by atoms with Crippen LogP contribution >= 0.6 is 11.3 Å². The van der Waals surface area contributed by atoms with Crippen LogP contribution in [0.1, 0.15) is 47.6 Å². The number of likely N-dealkylation sites (tertiary alicyclic amines) is 1. The zero-order chi connectivity index (χ0) is 17.9. The molecule has 3 heterocycles. The molecule has 1 aromatic carbocycles. The average molecular weight is 367 g/mol. The number of aromatic nitrogens is 2. The minimum atomic E-state index is -0.0227. The molecule has 1 saturated heterocycles. The minimum Gasteiger partial charge on any atom is -0.477 e. The highest BCUT2D eigenvalue weighted by atomic mass is 32.1. The maximum absolute atomic E-state index is 13.3. The second-order valence-corrected chi connectivity index (χ2v) is 7.38. The number of hydrogen-bond acceptors (Lipinski definition) is 5. The lowest BCUT2D eigenvalue weighted by atomic mass is 10.0. The number of carbonyl (C=O) groups is 1. The zero-order valence-corrected chi connectivity index (χ0v) is 15.5. The number of benzene rings is 1. The van der Waals surface area contributed by atoms with Gasteiger partial charge in [-0.15, -0.1) is 11.3 Å². The number of thiazole rings is 1. The number of hydrogen-bond donors (Lipinski definition) is 0. The van der Waals surface area contributed by atoms with Crippen molar-refractivity contribution in [1.29, 1.82) is 0 Å². The fraction of sp³-hybridized carbons (Fsp3) is 0.350. The van der Waals surface area contributed by atoms with Gasteiger partial charge in [-0.25, -0.2) is 9.97 Å². The number of fused-ring (bicyclic) bond motifs is 1. The van der Waals surface area contributed by atoms with Crippen LogP contribution in [0.4, 0.5) is 0 Å². The van der Waals surface area contributed by atoms with Gasteiger partial charge in [0.25, 0.3) is 5.91 Å². The lowest BCUT2D eigenvalue weighted by Crippen LogP contribution is -2.38. The molecule has 26 heavy (non-hydrogen) atoms. The number of pyridine rings is 1. The first kappa shape index (κ1) is 17.0. The molecule has 0 radical (unpaired) electrons. The monoisotopic (exact) mass is 367 g/mol. The quantitative estimate of drug-likeness (QED) is 0.683. The van der Waals surface area contributed by atoms with E-state index in [4.69, 9.17) is 9.72 Å². The first-order valence-electron chi connectivity index (χ1n) is 9.02. The summed E-state index contributed by atoms with van der Waals surface area (Å²) >= 11 is 1.68. The molecule has 4 rings (SSSR count). The summed E-state index contributed by atoms with van der Waals surface area (Å²) in [7, 11) is 0. The van der Waals surface area contributed by atoms with Crippen molar-refractivity contribution >= 4 is 27.5 Å². The zero-order valence-electron chi connectivity index (χ0n) is 14.7. The number of piperidine rings is 1. The number of nitrogens with zero attached hydrogens (tertiary/aromatic N) is 3. The van der Waals surface area contributed by atoms with E-state index in [0.29, 0.717) is 18.1 Å². The van der Waals surface area contributed by atoms with E-state index in [1.165, 1.54) is 0 Å². The second-order valence-electron chi connectivity index (χ2n) is 6.32.